The van der Waals surface area contributed by atoms with Gasteiger partial charge in [-0.2, -0.15) is 0 Å². The third kappa shape index (κ3) is 5.33. The first-order chi connectivity index (χ1) is 4.66. The molecule has 0 saturated carbocycles. The lowest BCUT2D eigenvalue weighted by Crippen LogP contribution is -2.25. The highest BCUT2D eigenvalue weighted by Crippen LogP contribution is 1.81. The first-order valence-corrected chi connectivity index (χ1v) is 3.39. The van der Waals surface area contributed by atoms with Crippen LogP contribution in [0.2, 0.25) is 0 Å². The molecule has 0 spiro atoms. The normalized spacial score (nSPS) is 9.40. The third-order valence-electron chi connectivity index (χ3n) is 1.07. The van der Waals surface area contributed by atoms with Crippen molar-refractivity contribution in [3.63, 3.8) is 0 Å². The Hall–Kier alpha value is -0.810. The molecule has 0 atom stereocenters. The van der Waals surface area contributed by atoms with Crippen LogP contribution < -0.4 is 5.32 Å². The maximum atomic E-state index is 10.5. The Labute approximate surface area is 62.0 Å². The van der Waals surface area contributed by atoms with Crippen molar-refractivity contribution < 1.29 is 4.79 Å². The predicted molar refractivity (Wildman–Crippen MR) is 41.6 cm³/mol. The van der Waals surface area contributed by atoms with Crippen molar-refractivity contribution in [1.29, 1.82) is 0 Å². The number of carbonyl (C=O) groups excluding carboxylic acids is 1. The van der Waals surface area contributed by atoms with Gasteiger partial charge in [0.1, 0.15) is 0 Å². The van der Waals surface area contributed by atoms with Crippen molar-refractivity contribution in [3.8, 4) is 12.3 Å². The van der Waals surface area contributed by atoms with Gasteiger partial charge in [-0.1, -0.05) is 13.8 Å². The Kier molecular flexibility index (Phi) is 4.61. The molecule has 0 radical (unpaired) electrons. The second-order valence-corrected chi connectivity index (χ2v) is 2.43. The summed E-state index contributed by atoms with van der Waals surface area (Å²) >= 11 is 0. The van der Waals surface area contributed by atoms with Crippen molar-refractivity contribution in [2.75, 3.05) is 6.54 Å². The van der Waals surface area contributed by atoms with E-state index in [0.29, 0.717) is 19.0 Å². The summed E-state index contributed by atoms with van der Waals surface area (Å²) in [5.41, 5.74) is 0. The highest BCUT2D eigenvalue weighted by molar-refractivity contribution is 5.94. The van der Waals surface area contributed by atoms with Crippen molar-refractivity contribution >= 4 is 5.78 Å². The number of hydrogen-bond acceptors (Lipinski definition) is 2. The molecule has 0 bridgehead atoms. The molecule has 0 aliphatic carbocycles. The van der Waals surface area contributed by atoms with Gasteiger partial charge in [0.15, 0.2) is 0 Å². The largest absolute Gasteiger partial charge is 0.314 e. The summed E-state index contributed by atoms with van der Waals surface area (Å²) in [6.45, 7) is 4.74. The van der Waals surface area contributed by atoms with Crippen molar-refractivity contribution in [1.82, 2.24) is 5.32 Å². The zero-order valence-corrected chi connectivity index (χ0v) is 6.48. The molecule has 0 aromatic rings. The molecule has 0 rings (SSSR count). The third-order valence-corrected chi connectivity index (χ3v) is 1.07. The van der Waals surface area contributed by atoms with Crippen LogP contribution in [0.5, 0.6) is 0 Å². The minimum absolute atomic E-state index is 0.131. The molecule has 0 aliphatic heterocycles. The van der Waals surface area contributed by atoms with E-state index in [1.807, 2.05) is 13.8 Å². The van der Waals surface area contributed by atoms with Crippen LogP contribution in [-0.4, -0.2) is 18.4 Å². The van der Waals surface area contributed by atoms with E-state index in [0.717, 1.165) is 0 Å². The van der Waals surface area contributed by atoms with E-state index in [-0.39, 0.29) is 5.78 Å². The Morgan fingerprint density at radius 2 is 2.30 bits per heavy atom. The summed E-state index contributed by atoms with van der Waals surface area (Å²) < 4.78 is 0. The van der Waals surface area contributed by atoms with Crippen molar-refractivity contribution in [2.45, 2.75) is 26.3 Å². The zero-order valence-electron chi connectivity index (χ0n) is 6.48. The average Bonchev–Trinajstić information content (AvgIpc) is 1.87. The minimum atomic E-state index is -0.131. The number of hydrogen-bond donors (Lipinski definition) is 1. The van der Waals surface area contributed by atoms with Gasteiger partial charge in [-0.05, 0) is 5.92 Å². The summed E-state index contributed by atoms with van der Waals surface area (Å²) in [7, 11) is 0. The number of nitrogens with one attached hydrogen (secondary N) is 1. The molecule has 0 fully saturated rings. The zero-order chi connectivity index (χ0) is 7.98. The van der Waals surface area contributed by atoms with Gasteiger partial charge >= 0.3 is 0 Å². The molecule has 2 nitrogen and oxygen atoms in total. The molecular weight excluding hydrogens is 126 g/mol. The Bertz CT molecular complexity index is 144. The van der Waals surface area contributed by atoms with Crippen LogP contribution in [0, 0.1) is 12.3 Å². The summed E-state index contributed by atoms with van der Waals surface area (Å²) in [5.74, 6) is 1.93. The fourth-order valence-electron chi connectivity index (χ4n) is 0.547. The number of rotatable bonds is 4. The lowest BCUT2D eigenvalue weighted by molar-refractivity contribution is -0.113. The van der Waals surface area contributed by atoms with Crippen molar-refractivity contribution in [2.24, 2.45) is 0 Å². The predicted octanol–water partition coefficient (Wildman–Crippen LogP) is 0.577. The van der Waals surface area contributed by atoms with E-state index in [9.17, 15) is 4.79 Å². The van der Waals surface area contributed by atoms with E-state index in [1.165, 1.54) is 0 Å². The number of terminal acetylenes is 1. The van der Waals surface area contributed by atoms with E-state index in [4.69, 9.17) is 6.42 Å². The van der Waals surface area contributed by atoms with Gasteiger partial charge in [-0.25, -0.2) is 0 Å². The number of ketones is 1. The molecule has 1 N–H and O–H groups in total. The Morgan fingerprint density at radius 3 is 2.70 bits per heavy atom. The lowest BCUT2D eigenvalue weighted by Gasteiger charge is -2.04. The van der Waals surface area contributed by atoms with Gasteiger partial charge in [0, 0.05) is 19.0 Å². The van der Waals surface area contributed by atoms with Crippen LogP contribution in [0.4, 0.5) is 0 Å². The minimum Gasteiger partial charge on any atom is -0.314 e. The molecule has 0 aromatic carbocycles. The summed E-state index contributed by atoms with van der Waals surface area (Å²) in [4.78, 5) is 10.5. The molecule has 2 heteroatoms. The molecule has 0 heterocycles. The van der Waals surface area contributed by atoms with Gasteiger partial charge in [-0.3, -0.25) is 4.79 Å². The number of Topliss-reactive ketones (excluding diaryl/α,β-unsaturated/α-hetero) is 1. The SMILES string of the molecule is C#CC(=O)CCNC(C)C. The topological polar surface area (TPSA) is 29.1 Å². The molecule has 10 heavy (non-hydrogen) atoms. The first kappa shape index (κ1) is 9.19. The maximum absolute atomic E-state index is 10.5. The van der Waals surface area contributed by atoms with Gasteiger partial charge < -0.3 is 5.32 Å². The van der Waals surface area contributed by atoms with E-state index in [2.05, 4.69) is 11.2 Å². The van der Waals surface area contributed by atoms with Gasteiger partial charge in [0.2, 0.25) is 5.78 Å². The standard InChI is InChI=1S/C8H13NO/c1-4-8(10)5-6-9-7(2)3/h1,7,9H,5-6H2,2-3H3. The molecule has 0 aromatic heterocycles. The van der Waals surface area contributed by atoms with Crippen LogP contribution >= 0.6 is 0 Å². The van der Waals surface area contributed by atoms with Crippen LogP contribution in [0.1, 0.15) is 20.3 Å². The van der Waals surface area contributed by atoms with Gasteiger partial charge in [0.25, 0.3) is 0 Å². The summed E-state index contributed by atoms with van der Waals surface area (Å²) in [6, 6.07) is 0.422. The lowest BCUT2D eigenvalue weighted by atomic mass is 10.3. The summed E-state index contributed by atoms with van der Waals surface area (Å²) in [5, 5.41) is 3.09. The highest BCUT2D eigenvalue weighted by atomic mass is 16.1. The molecule has 56 valence electrons. The Balaban J connectivity index is 3.22. The maximum Gasteiger partial charge on any atom is 0.206 e. The van der Waals surface area contributed by atoms with E-state index in [1.54, 1.807) is 0 Å². The second kappa shape index (κ2) is 5.01. The Morgan fingerprint density at radius 1 is 1.70 bits per heavy atom. The van der Waals surface area contributed by atoms with Crippen LogP contribution in [-0.2, 0) is 4.79 Å². The molecule has 0 amide bonds. The van der Waals surface area contributed by atoms with E-state index < -0.39 is 0 Å². The van der Waals surface area contributed by atoms with Crippen molar-refractivity contribution in [3.05, 3.63) is 0 Å². The smallest absolute Gasteiger partial charge is 0.206 e. The van der Waals surface area contributed by atoms with Crippen LogP contribution in [0.3, 0.4) is 0 Å². The van der Waals surface area contributed by atoms with Crippen LogP contribution in [0.15, 0.2) is 0 Å². The molecule has 0 saturated heterocycles. The van der Waals surface area contributed by atoms with Crippen LogP contribution in [0.25, 0.3) is 0 Å². The average molecular weight is 139 g/mol. The fourth-order valence-corrected chi connectivity index (χ4v) is 0.547. The summed E-state index contributed by atoms with van der Waals surface area (Å²) in [6.07, 6.45) is 5.30. The molecule has 0 aliphatic rings. The number of carbonyl (C=O) groups is 1. The van der Waals surface area contributed by atoms with Gasteiger partial charge in [0.05, 0.1) is 0 Å². The monoisotopic (exact) mass is 139 g/mol. The van der Waals surface area contributed by atoms with E-state index >= 15 is 0 Å². The van der Waals surface area contributed by atoms with Gasteiger partial charge in [-0.15, -0.1) is 6.42 Å². The second-order valence-electron chi connectivity index (χ2n) is 2.43. The highest BCUT2D eigenvalue weighted by Gasteiger charge is 1.96. The molecular formula is C8H13NO. The molecule has 0 unspecified atom stereocenters. The first-order valence-electron chi connectivity index (χ1n) is 3.39. The fraction of sp³-hybridized carbons (Fsp3) is 0.625. The quantitative estimate of drug-likeness (QED) is 0.456.